The van der Waals surface area contributed by atoms with Gasteiger partial charge in [0.25, 0.3) is 9.05 Å². The van der Waals surface area contributed by atoms with Crippen LogP contribution in [-0.2, 0) is 20.2 Å². The van der Waals surface area contributed by atoms with Crippen molar-refractivity contribution in [1.29, 1.82) is 0 Å². The lowest BCUT2D eigenvalue weighted by Gasteiger charge is -2.13. The molecule has 0 aromatic heterocycles. The first-order valence-electron chi connectivity index (χ1n) is 7.57. The summed E-state index contributed by atoms with van der Waals surface area (Å²) in [6.45, 7) is 0.927. The van der Waals surface area contributed by atoms with Crippen molar-refractivity contribution >= 4 is 37.4 Å². The largest absolute Gasteiger partial charge is 0.439 e. The van der Waals surface area contributed by atoms with E-state index in [2.05, 4.69) is 0 Å². The van der Waals surface area contributed by atoms with Crippen LogP contribution in [0.15, 0.2) is 53.4 Å². The molecule has 1 aliphatic heterocycles. The van der Waals surface area contributed by atoms with Crippen molar-refractivity contribution in [2.45, 2.75) is 17.4 Å². The van der Waals surface area contributed by atoms with Crippen LogP contribution in [0.25, 0.3) is 0 Å². The number of ether oxygens (including phenoxy) is 1. The first-order valence-corrected chi connectivity index (χ1v) is 10.3. The molecule has 0 unspecified atom stereocenters. The van der Waals surface area contributed by atoms with Crippen LogP contribution in [0, 0.1) is 0 Å². The zero-order chi connectivity index (χ0) is 18.0. The summed E-state index contributed by atoms with van der Waals surface area (Å²) < 4.78 is 27.9. The van der Waals surface area contributed by atoms with Crippen LogP contribution in [0.2, 0.25) is 5.02 Å². The van der Waals surface area contributed by atoms with Gasteiger partial charge < -0.3 is 9.64 Å². The van der Waals surface area contributed by atoms with E-state index in [0.29, 0.717) is 24.5 Å². The summed E-state index contributed by atoms with van der Waals surface area (Å²) >= 11 is 5.98. The van der Waals surface area contributed by atoms with E-state index >= 15 is 0 Å². The molecule has 3 rings (SSSR count). The fraction of sp³-hybridized carbons (Fsp3) is 0.235. The third kappa shape index (κ3) is 4.45. The molecule has 0 spiro atoms. The molecule has 5 nitrogen and oxygen atoms in total. The van der Waals surface area contributed by atoms with Crippen LogP contribution in [-0.4, -0.2) is 32.5 Å². The molecule has 1 atom stereocenters. The van der Waals surface area contributed by atoms with Crippen molar-refractivity contribution < 1.29 is 17.9 Å². The Bertz CT molecular complexity index is 884. The van der Waals surface area contributed by atoms with E-state index in [1.54, 1.807) is 29.2 Å². The fourth-order valence-corrected chi connectivity index (χ4v) is 3.62. The van der Waals surface area contributed by atoms with Gasteiger partial charge in [-0.25, -0.2) is 13.2 Å². The van der Waals surface area contributed by atoms with Crippen molar-refractivity contribution in [1.82, 2.24) is 4.90 Å². The van der Waals surface area contributed by atoms with Gasteiger partial charge in [0.05, 0.1) is 11.4 Å². The molecule has 2 aromatic rings. The standard InChI is InChI=1S/C17H15Cl2NO4S/c18-14-3-1-2-13(10-14)16-11-20(17(21)24-16)9-8-12-4-6-15(7-5-12)25(19,22)23/h1-7,10,16H,8-9,11H2/t16-/m0/s1. The van der Waals surface area contributed by atoms with Gasteiger partial charge in [0.2, 0.25) is 0 Å². The normalized spacial score (nSPS) is 17.6. The Labute approximate surface area is 155 Å². The lowest BCUT2D eigenvalue weighted by molar-refractivity contribution is 0.133. The number of rotatable bonds is 5. The number of benzene rings is 2. The number of nitrogens with zero attached hydrogens (tertiary/aromatic N) is 1. The molecule has 0 N–H and O–H groups in total. The minimum absolute atomic E-state index is 0.0551. The smallest absolute Gasteiger partial charge is 0.410 e. The second-order valence-electron chi connectivity index (χ2n) is 5.71. The van der Waals surface area contributed by atoms with Crippen LogP contribution in [0.1, 0.15) is 17.2 Å². The molecule has 0 saturated carbocycles. The van der Waals surface area contributed by atoms with Crippen LogP contribution in [0.4, 0.5) is 4.79 Å². The van der Waals surface area contributed by atoms with Crippen molar-refractivity contribution in [3.63, 3.8) is 0 Å². The number of carbonyl (C=O) groups is 1. The molecular weight excluding hydrogens is 385 g/mol. The van der Waals surface area contributed by atoms with Crippen molar-refractivity contribution in [3.8, 4) is 0 Å². The molecule has 1 heterocycles. The maximum absolute atomic E-state index is 12.0. The topological polar surface area (TPSA) is 63.7 Å². The number of carbonyl (C=O) groups excluding carboxylic acids is 1. The highest BCUT2D eigenvalue weighted by Crippen LogP contribution is 2.28. The van der Waals surface area contributed by atoms with E-state index in [1.807, 2.05) is 12.1 Å². The number of hydrogen-bond acceptors (Lipinski definition) is 4. The molecule has 1 aliphatic rings. The molecule has 0 bridgehead atoms. The van der Waals surface area contributed by atoms with E-state index in [1.165, 1.54) is 12.1 Å². The van der Waals surface area contributed by atoms with Gasteiger partial charge in [-0.1, -0.05) is 35.9 Å². The average Bonchev–Trinajstić information content (AvgIpc) is 2.93. The summed E-state index contributed by atoms with van der Waals surface area (Å²) in [7, 11) is 1.57. The predicted molar refractivity (Wildman–Crippen MR) is 95.4 cm³/mol. The molecule has 25 heavy (non-hydrogen) atoms. The minimum Gasteiger partial charge on any atom is -0.439 e. The zero-order valence-electron chi connectivity index (χ0n) is 13.1. The number of halogens is 2. The SMILES string of the molecule is O=C1O[C@H](c2cccc(Cl)c2)CN1CCc1ccc(S(=O)(=O)Cl)cc1. The van der Waals surface area contributed by atoms with Crippen LogP contribution < -0.4 is 0 Å². The minimum atomic E-state index is -3.72. The van der Waals surface area contributed by atoms with Gasteiger partial charge in [0, 0.05) is 22.2 Å². The lowest BCUT2D eigenvalue weighted by Crippen LogP contribution is -2.26. The van der Waals surface area contributed by atoms with E-state index < -0.39 is 9.05 Å². The second-order valence-corrected chi connectivity index (χ2v) is 8.71. The summed E-state index contributed by atoms with van der Waals surface area (Å²) in [5.74, 6) is 0. The quantitative estimate of drug-likeness (QED) is 0.712. The number of hydrogen-bond donors (Lipinski definition) is 0. The Hall–Kier alpha value is -1.76. The maximum atomic E-state index is 12.0. The molecule has 1 saturated heterocycles. The third-order valence-electron chi connectivity index (χ3n) is 3.98. The Balaban J connectivity index is 1.61. The molecule has 1 fully saturated rings. The Morgan fingerprint density at radius 2 is 1.88 bits per heavy atom. The van der Waals surface area contributed by atoms with Gasteiger partial charge in [0.1, 0.15) is 6.10 Å². The summed E-state index contributed by atoms with van der Waals surface area (Å²) in [6.07, 6.45) is -0.125. The maximum Gasteiger partial charge on any atom is 0.410 e. The second kappa shape index (κ2) is 7.23. The van der Waals surface area contributed by atoms with Gasteiger partial charge in [-0.3, -0.25) is 0 Å². The summed E-state index contributed by atoms with van der Waals surface area (Å²) in [6, 6.07) is 13.5. The van der Waals surface area contributed by atoms with Crippen molar-refractivity contribution in [2.75, 3.05) is 13.1 Å². The number of amides is 1. The average molecular weight is 400 g/mol. The van der Waals surface area contributed by atoms with Gasteiger partial charge in [-0.15, -0.1) is 0 Å². The van der Waals surface area contributed by atoms with Gasteiger partial charge in [-0.2, -0.15) is 0 Å². The molecule has 0 aliphatic carbocycles. The predicted octanol–water partition coefficient (Wildman–Crippen LogP) is 4.00. The highest BCUT2D eigenvalue weighted by Gasteiger charge is 2.31. The van der Waals surface area contributed by atoms with E-state index in [-0.39, 0.29) is 17.1 Å². The Morgan fingerprint density at radius 3 is 2.52 bits per heavy atom. The molecule has 2 aromatic carbocycles. The summed E-state index contributed by atoms with van der Waals surface area (Å²) in [5, 5.41) is 0.598. The van der Waals surface area contributed by atoms with Gasteiger partial charge in [0.15, 0.2) is 0 Å². The Morgan fingerprint density at radius 1 is 1.16 bits per heavy atom. The monoisotopic (exact) mass is 399 g/mol. The van der Waals surface area contributed by atoms with E-state index in [0.717, 1.165) is 11.1 Å². The molecule has 8 heteroatoms. The highest BCUT2D eigenvalue weighted by molar-refractivity contribution is 8.13. The molecular formula is C17H15Cl2NO4S. The van der Waals surface area contributed by atoms with Gasteiger partial charge >= 0.3 is 6.09 Å². The van der Waals surface area contributed by atoms with E-state index in [4.69, 9.17) is 27.0 Å². The highest BCUT2D eigenvalue weighted by atomic mass is 35.7. The van der Waals surface area contributed by atoms with Gasteiger partial charge in [-0.05, 0) is 41.8 Å². The third-order valence-corrected chi connectivity index (χ3v) is 5.59. The van der Waals surface area contributed by atoms with Crippen molar-refractivity contribution in [3.05, 3.63) is 64.7 Å². The van der Waals surface area contributed by atoms with Crippen molar-refractivity contribution in [2.24, 2.45) is 0 Å². The zero-order valence-corrected chi connectivity index (χ0v) is 15.4. The fourth-order valence-electron chi connectivity index (χ4n) is 2.65. The molecule has 1 amide bonds. The van der Waals surface area contributed by atoms with Crippen LogP contribution in [0.3, 0.4) is 0 Å². The molecule has 132 valence electrons. The van der Waals surface area contributed by atoms with Crippen LogP contribution >= 0.6 is 22.3 Å². The Kier molecular flexibility index (Phi) is 5.22. The number of cyclic esters (lactones) is 1. The first kappa shape index (κ1) is 18.0. The molecule has 0 radical (unpaired) electrons. The lowest BCUT2D eigenvalue weighted by atomic mass is 10.1. The summed E-state index contributed by atoms with van der Waals surface area (Å²) in [4.78, 5) is 13.7. The van der Waals surface area contributed by atoms with E-state index in [9.17, 15) is 13.2 Å². The first-order chi connectivity index (χ1) is 11.8. The van der Waals surface area contributed by atoms with Crippen LogP contribution in [0.5, 0.6) is 0 Å². The summed E-state index contributed by atoms with van der Waals surface area (Å²) in [5.41, 5.74) is 1.77.